The number of nitrogens with one attached hydrogen (secondary N) is 1. The summed E-state index contributed by atoms with van der Waals surface area (Å²) in [5.41, 5.74) is 1.85. The fraction of sp³-hybridized carbons (Fsp3) is 0.143. The van der Waals surface area contributed by atoms with E-state index in [2.05, 4.69) is 5.32 Å². The Bertz CT molecular complexity index is 676. The molecule has 1 heterocycles. The number of hydrogen-bond acceptors (Lipinski definition) is 3. The Labute approximate surface area is 104 Å². The highest BCUT2D eigenvalue weighted by molar-refractivity contribution is 6.26. The van der Waals surface area contributed by atoms with E-state index in [9.17, 15) is 9.59 Å². The molecule has 1 aliphatic rings. The van der Waals surface area contributed by atoms with E-state index in [1.54, 1.807) is 19.1 Å². The van der Waals surface area contributed by atoms with E-state index in [0.717, 1.165) is 16.5 Å². The first-order valence-electron chi connectivity index (χ1n) is 5.76. The highest BCUT2D eigenvalue weighted by Crippen LogP contribution is 2.34. The molecular weight excluding hydrogens is 230 g/mol. The lowest BCUT2D eigenvalue weighted by Crippen LogP contribution is -2.06. The number of ether oxygens (including phenoxy) is 1. The zero-order chi connectivity index (χ0) is 12.7. The first kappa shape index (κ1) is 10.8. The zero-order valence-corrected chi connectivity index (χ0v) is 9.82. The number of benzene rings is 2. The minimum atomic E-state index is -0.361. The Balaban J connectivity index is 2.29. The molecule has 0 saturated heterocycles. The SMILES string of the molecule is CCOC(=O)c1ccc2c3c(cccc13)NC2=O. The van der Waals surface area contributed by atoms with Crippen LogP contribution in [0.5, 0.6) is 0 Å². The molecule has 2 aromatic rings. The third-order valence-electron chi connectivity index (χ3n) is 3.03. The van der Waals surface area contributed by atoms with Gasteiger partial charge in [-0.05, 0) is 30.5 Å². The van der Waals surface area contributed by atoms with E-state index >= 15 is 0 Å². The maximum absolute atomic E-state index is 11.9. The molecule has 0 spiro atoms. The van der Waals surface area contributed by atoms with Crippen LogP contribution in [0.2, 0.25) is 0 Å². The van der Waals surface area contributed by atoms with E-state index < -0.39 is 0 Å². The second-order valence-electron chi connectivity index (χ2n) is 4.06. The van der Waals surface area contributed by atoms with Crippen LogP contribution in [0.15, 0.2) is 30.3 Å². The predicted octanol–water partition coefficient (Wildman–Crippen LogP) is 2.58. The summed E-state index contributed by atoms with van der Waals surface area (Å²) >= 11 is 0. The van der Waals surface area contributed by atoms with Gasteiger partial charge < -0.3 is 10.1 Å². The van der Waals surface area contributed by atoms with Crippen molar-refractivity contribution < 1.29 is 14.3 Å². The van der Waals surface area contributed by atoms with Gasteiger partial charge in [-0.25, -0.2) is 4.79 Å². The van der Waals surface area contributed by atoms with Gasteiger partial charge in [-0.1, -0.05) is 12.1 Å². The minimum absolute atomic E-state index is 0.128. The highest BCUT2D eigenvalue weighted by atomic mass is 16.5. The molecule has 2 aromatic carbocycles. The Kier molecular flexibility index (Phi) is 2.30. The molecule has 0 saturated carbocycles. The summed E-state index contributed by atoms with van der Waals surface area (Å²) in [6.45, 7) is 2.10. The summed E-state index contributed by atoms with van der Waals surface area (Å²) in [6, 6.07) is 8.78. The maximum Gasteiger partial charge on any atom is 0.338 e. The molecule has 1 aliphatic heterocycles. The fourth-order valence-corrected chi connectivity index (χ4v) is 2.28. The third-order valence-corrected chi connectivity index (χ3v) is 3.03. The van der Waals surface area contributed by atoms with Gasteiger partial charge in [-0.15, -0.1) is 0 Å². The van der Waals surface area contributed by atoms with Crippen LogP contribution in [0.1, 0.15) is 27.6 Å². The van der Waals surface area contributed by atoms with Gasteiger partial charge in [-0.2, -0.15) is 0 Å². The molecule has 0 bridgehead atoms. The Morgan fingerprint density at radius 1 is 1.28 bits per heavy atom. The van der Waals surface area contributed by atoms with Gasteiger partial charge in [0.05, 0.1) is 12.2 Å². The number of carbonyl (C=O) groups is 2. The van der Waals surface area contributed by atoms with Gasteiger partial charge in [0, 0.05) is 16.6 Å². The van der Waals surface area contributed by atoms with Crippen molar-refractivity contribution in [1.29, 1.82) is 0 Å². The van der Waals surface area contributed by atoms with Crippen molar-refractivity contribution in [3.8, 4) is 0 Å². The summed E-state index contributed by atoms with van der Waals surface area (Å²) in [6.07, 6.45) is 0. The van der Waals surface area contributed by atoms with E-state index in [4.69, 9.17) is 4.74 Å². The second kappa shape index (κ2) is 3.84. The molecule has 4 nitrogen and oxygen atoms in total. The van der Waals surface area contributed by atoms with Crippen molar-refractivity contribution in [2.75, 3.05) is 11.9 Å². The Morgan fingerprint density at radius 2 is 2.11 bits per heavy atom. The van der Waals surface area contributed by atoms with Crippen molar-refractivity contribution >= 4 is 28.3 Å². The lowest BCUT2D eigenvalue weighted by atomic mass is 10.0. The maximum atomic E-state index is 11.9. The Hall–Kier alpha value is -2.36. The van der Waals surface area contributed by atoms with Crippen LogP contribution >= 0.6 is 0 Å². The zero-order valence-electron chi connectivity index (χ0n) is 9.82. The highest BCUT2D eigenvalue weighted by Gasteiger charge is 2.24. The fourth-order valence-electron chi connectivity index (χ4n) is 2.28. The second-order valence-corrected chi connectivity index (χ2v) is 4.06. The summed E-state index contributed by atoms with van der Waals surface area (Å²) in [5, 5.41) is 4.33. The molecule has 0 atom stereocenters. The molecule has 1 N–H and O–H groups in total. The number of anilines is 1. The predicted molar refractivity (Wildman–Crippen MR) is 67.9 cm³/mol. The van der Waals surface area contributed by atoms with Gasteiger partial charge in [0.15, 0.2) is 0 Å². The quantitative estimate of drug-likeness (QED) is 0.822. The molecule has 0 aliphatic carbocycles. The van der Waals surface area contributed by atoms with E-state index in [1.807, 2.05) is 18.2 Å². The average molecular weight is 241 g/mol. The molecule has 0 radical (unpaired) electrons. The summed E-state index contributed by atoms with van der Waals surface area (Å²) < 4.78 is 5.02. The van der Waals surface area contributed by atoms with Gasteiger partial charge in [0.2, 0.25) is 0 Å². The number of esters is 1. The van der Waals surface area contributed by atoms with Crippen molar-refractivity contribution in [2.24, 2.45) is 0 Å². The van der Waals surface area contributed by atoms with E-state index in [-0.39, 0.29) is 11.9 Å². The van der Waals surface area contributed by atoms with Crippen LogP contribution in [0.3, 0.4) is 0 Å². The van der Waals surface area contributed by atoms with Crippen molar-refractivity contribution in [3.05, 3.63) is 41.5 Å². The van der Waals surface area contributed by atoms with Gasteiger partial charge in [0.1, 0.15) is 0 Å². The first-order valence-corrected chi connectivity index (χ1v) is 5.76. The van der Waals surface area contributed by atoms with Crippen LogP contribution in [0.25, 0.3) is 10.8 Å². The number of rotatable bonds is 2. The van der Waals surface area contributed by atoms with Crippen LogP contribution < -0.4 is 5.32 Å². The lowest BCUT2D eigenvalue weighted by Gasteiger charge is -2.06. The van der Waals surface area contributed by atoms with Crippen LogP contribution in [0, 0.1) is 0 Å². The van der Waals surface area contributed by atoms with E-state index in [1.165, 1.54) is 0 Å². The number of hydrogen-bond donors (Lipinski definition) is 1. The molecule has 18 heavy (non-hydrogen) atoms. The smallest absolute Gasteiger partial charge is 0.338 e. The first-order chi connectivity index (χ1) is 8.72. The summed E-state index contributed by atoms with van der Waals surface area (Å²) in [7, 11) is 0. The lowest BCUT2D eigenvalue weighted by molar-refractivity contribution is 0.0528. The standard InChI is InChI=1S/C14H11NO3/c1-2-18-14(17)9-6-7-10-12-8(9)4-3-5-11(12)15-13(10)16/h3-7H,2H2,1H3,(H,15,16). The van der Waals surface area contributed by atoms with E-state index in [0.29, 0.717) is 17.7 Å². The topological polar surface area (TPSA) is 55.4 Å². The third kappa shape index (κ3) is 1.39. The van der Waals surface area contributed by atoms with Crippen LogP contribution in [0.4, 0.5) is 5.69 Å². The normalized spacial score (nSPS) is 12.6. The van der Waals surface area contributed by atoms with Crippen LogP contribution in [-0.2, 0) is 4.74 Å². The molecule has 1 amide bonds. The molecule has 0 aromatic heterocycles. The van der Waals surface area contributed by atoms with Crippen molar-refractivity contribution in [1.82, 2.24) is 0 Å². The molecule has 90 valence electrons. The van der Waals surface area contributed by atoms with Crippen molar-refractivity contribution in [2.45, 2.75) is 6.92 Å². The monoisotopic (exact) mass is 241 g/mol. The van der Waals surface area contributed by atoms with Crippen molar-refractivity contribution in [3.63, 3.8) is 0 Å². The average Bonchev–Trinajstić information content (AvgIpc) is 2.69. The van der Waals surface area contributed by atoms with Crippen LogP contribution in [-0.4, -0.2) is 18.5 Å². The summed E-state index contributed by atoms with van der Waals surface area (Å²) in [4.78, 5) is 23.6. The minimum Gasteiger partial charge on any atom is -0.462 e. The molecule has 3 rings (SSSR count). The molecule has 0 fully saturated rings. The molecule has 4 heteroatoms. The Morgan fingerprint density at radius 3 is 2.89 bits per heavy atom. The molecule has 0 unspecified atom stereocenters. The van der Waals surface area contributed by atoms with Gasteiger partial charge >= 0.3 is 5.97 Å². The van der Waals surface area contributed by atoms with Gasteiger partial charge in [-0.3, -0.25) is 4.79 Å². The van der Waals surface area contributed by atoms with Gasteiger partial charge in [0.25, 0.3) is 5.91 Å². The largest absolute Gasteiger partial charge is 0.462 e. The molecular formula is C14H11NO3. The summed E-state index contributed by atoms with van der Waals surface area (Å²) in [5.74, 6) is -0.489. The number of amides is 1. The number of carbonyl (C=O) groups excluding carboxylic acids is 2.